The number of allylic oxidation sites excluding steroid dienone is 1. The van der Waals surface area contributed by atoms with Gasteiger partial charge in [0.15, 0.2) is 0 Å². The van der Waals surface area contributed by atoms with E-state index >= 15 is 0 Å². The predicted octanol–water partition coefficient (Wildman–Crippen LogP) is -2.11. The maximum absolute atomic E-state index is 4.98. The number of benzene rings is 1. The van der Waals surface area contributed by atoms with E-state index in [1.54, 1.807) is 0 Å². The maximum Gasteiger partial charge on any atom is -1.00 e. The van der Waals surface area contributed by atoms with Crippen molar-refractivity contribution in [2.24, 2.45) is 0 Å². The number of halogens is 2. The van der Waals surface area contributed by atoms with E-state index < -0.39 is 9.04 Å². The van der Waals surface area contributed by atoms with Crippen molar-refractivity contribution in [3.8, 4) is 5.69 Å². The van der Waals surface area contributed by atoms with Gasteiger partial charge >= 0.3 is 49.8 Å². The van der Waals surface area contributed by atoms with Gasteiger partial charge in [-0.1, -0.05) is 29.8 Å². The Balaban J connectivity index is 0.000000559. The number of para-hydroxylation sites is 1. The Morgan fingerprint density at radius 2 is 1.68 bits per heavy atom. The van der Waals surface area contributed by atoms with Crippen molar-refractivity contribution in [1.82, 2.24) is 4.57 Å². The Morgan fingerprint density at radius 3 is 2.18 bits per heavy atom. The van der Waals surface area contributed by atoms with Gasteiger partial charge in [0, 0.05) is 18.1 Å². The average Bonchev–Trinajstić information content (AvgIpc) is 2.97. The minimum absolute atomic E-state index is 0. The van der Waals surface area contributed by atoms with Gasteiger partial charge in [-0.2, -0.15) is 0 Å². The Morgan fingerprint density at radius 1 is 1.09 bits per heavy atom. The number of hydrogen-bond acceptors (Lipinski definition) is 1. The van der Waals surface area contributed by atoms with Gasteiger partial charge in [-0.15, -0.1) is 0 Å². The first-order valence-electron chi connectivity index (χ1n) is 6.86. The van der Waals surface area contributed by atoms with Crippen molar-refractivity contribution < 1.29 is 52.5 Å². The number of nitrogens with zero attached hydrogens (tertiary/aromatic N) is 1. The van der Waals surface area contributed by atoms with Gasteiger partial charge in [-0.3, -0.25) is 0 Å². The van der Waals surface area contributed by atoms with Crippen LogP contribution in [0.3, 0.4) is 0 Å². The normalized spacial score (nSPS) is 11.6. The summed E-state index contributed by atoms with van der Waals surface area (Å²) in [5.74, 6) is 0. The molecule has 0 aliphatic heterocycles. The molecule has 0 radical (unpaired) electrons. The summed E-state index contributed by atoms with van der Waals surface area (Å²) in [7, 11) is -0.610. The fraction of sp³-hybridized carbons (Fsp3) is 0.250. The van der Waals surface area contributed by atoms with Gasteiger partial charge in [0.2, 0.25) is 0 Å². The second-order valence-electron chi connectivity index (χ2n) is 5.32. The zero-order valence-electron chi connectivity index (χ0n) is 13.0. The van der Waals surface area contributed by atoms with Crippen LogP contribution in [0.4, 0.5) is 0 Å². The van der Waals surface area contributed by atoms with Crippen molar-refractivity contribution in [3.63, 3.8) is 0 Å². The maximum atomic E-state index is 4.98. The van der Waals surface area contributed by atoms with E-state index in [0.29, 0.717) is 0 Å². The Hall–Kier alpha value is -0.120. The third-order valence-corrected chi connectivity index (χ3v) is 7.05. The van der Waals surface area contributed by atoms with E-state index in [4.69, 9.17) is 2.50 Å². The van der Waals surface area contributed by atoms with E-state index in [9.17, 15) is 0 Å². The van der Waals surface area contributed by atoms with Crippen LogP contribution in [0.1, 0.15) is 18.1 Å². The second-order valence-corrected chi connectivity index (χ2v) is 9.39. The second kappa shape index (κ2) is 10.6. The van der Waals surface area contributed by atoms with E-state index in [1.807, 2.05) is 6.07 Å². The summed E-state index contributed by atoms with van der Waals surface area (Å²) in [6.45, 7) is 6.51. The number of rotatable bonds is 2. The largest absolute Gasteiger partial charge is 1.00 e. The fourth-order valence-corrected chi connectivity index (χ4v) is 2.16. The average molecular weight is 433 g/mol. The zero-order chi connectivity index (χ0) is 14.5. The number of aromatic nitrogens is 1. The monoisotopic (exact) mass is 430 g/mol. The SMILES string of the molecule is CC1=Cc2cn(-c3ccccc3)cc2C1.C[SiH](C)[O][Zr+2].[Cl-].[Cl-]. The molecule has 2 aromatic rings. The van der Waals surface area contributed by atoms with Crippen LogP contribution in [0.2, 0.25) is 13.1 Å². The van der Waals surface area contributed by atoms with Gasteiger partial charge in [-0.25, -0.2) is 0 Å². The molecule has 0 N–H and O–H groups in total. The third kappa shape index (κ3) is 6.17. The molecule has 1 aromatic heterocycles. The van der Waals surface area contributed by atoms with Gasteiger partial charge in [0.25, 0.3) is 0 Å². The molecule has 22 heavy (non-hydrogen) atoms. The molecule has 1 aliphatic carbocycles. The molecule has 0 fully saturated rings. The predicted molar refractivity (Wildman–Crippen MR) is 83.1 cm³/mol. The Bertz CT molecular complexity index is 599. The number of fused-ring (bicyclic) bond motifs is 1. The first-order chi connectivity index (χ1) is 9.60. The summed E-state index contributed by atoms with van der Waals surface area (Å²) in [5.41, 5.74) is 5.51. The summed E-state index contributed by atoms with van der Waals surface area (Å²) < 4.78 is 7.18. The molecule has 3 rings (SSSR count). The molecule has 0 spiro atoms. The first kappa shape index (κ1) is 21.9. The van der Waals surface area contributed by atoms with Crippen molar-refractivity contribution in [1.29, 1.82) is 0 Å². The van der Waals surface area contributed by atoms with Crippen LogP contribution in [-0.4, -0.2) is 13.6 Å². The van der Waals surface area contributed by atoms with Crippen LogP contribution in [0.15, 0.2) is 48.3 Å². The fourth-order valence-electron chi connectivity index (χ4n) is 2.16. The first-order valence-corrected chi connectivity index (χ1v) is 10.6. The van der Waals surface area contributed by atoms with Crippen molar-refractivity contribution in [2.75, 3.05) is 0 Å². The number of hydrogen-bond donors (Lipinski definition) is 0. The van der Waals surface area contributed by atoms with Crippen LogP contribution in [-0.2, 0) is 34.1 Å². The molecule has 0 saturated heterocycles. The molecule has 6 heteroatoms. The molecule has 0 saturated carbocycles. The summed E-state index contributed by atoms with van der Waals surface area (Å²) >= 11 is 1.23. The van der Waals surface area contributed by atoms with Crippen LogP contribution >= 0.6 is 0 Å². The quantitative estimate of drug-likeness (QED) is 0.496. The molecule has 0 bridgehead atoms. The zero-order valence-corrected chi connectivity index (χ0v) is 18.1. The summed E-state index contributed by atoms with van der Waals surface area (Å²) in [4.78, 5) is 0. The topological polar surface area (TPSA) is 14.2 Å². The minimum Gasteiger partial charge on any atom is -1.00 e. The summed E-state index contributed by atoms with van der Waals surface area (Å²) in [5, 5.41) is 0. The van der Waals surface area contributed by atoms with Crippen LogP contribution in [0.25, 0.3) is 11.8 Å². The Kier molecular flexibility index (Phi) is 10.6. The molecule has 0 unspecified atom stereocenters. The van der Waals surface area contributed by atoms with Gasteiger partial charge in [0.05, 0.1) is 0 Å². The van der Waals surface area contributed by atoms with Crippen LogP contribution in [0.5, 0.6) is 0 Å². The van der Waals surface area contributed by atoms with E-state index in [1.165, 1.54) is 47.5 Å². The third-order valence-electron chi connectivity index (χ3n) is 3.11. The molecular formula is C16H20Cl2NOSiZr. The van der Waals surface area contributed by atoms with E-state index in [-0.39, 0.29) is 24.8 Å². The molecule has 117 valence electrons. The van der Waals surface area contributed by atoms with Crippen molar-refractivity contribution in [2.45, 2.75) is 26.4 Å². The van der Waals surface area contributed by atoms with Crippen molar-refractivity contribution >= 4 is 15.1 Å². The molecule has 1 heterocycles. The van der Waals surface area contributed by atoms with Gasteiger partial charge in [0.1, 0.15) is 0 Å². The van der Waals surface area contributed by atoms with E-state index in [2.05, 4.69) is 67.3 Å². The molecular weight excluding hydrogens is 412 g/mol. The van der Waals surface area contributed by atoms with Crippen LogP contribution < -0.4 is 24.8 Å². The summed E-state index contributed by atoms with van der Waals surface area (Å²) in [6, 6.07) is 10.4. The molecule has 1 aromatic carbocycles. The van der Waals surface area contributed by atoms with Crippen molar-refractivity contribution in [3.05, 3.63) is 59.4 Å². The molecule has 1 aliphatic rings. The van der Waals surface area contributed by atoms with Crippen LogP contribution in [0, 0.1) is 0 Å². The smallest absolute Gasteiger partial charge is 1.00 e. The molecule has 0 atom stereocenters. The Labute approximate surface area is 163 Å². The van der Waals surface area contributed by atoms with Gasteiger partial charge in [-0.05, 0) is 36.6 Å². The minimum atomic E-state index is -0.610. The van der Waals surface area contributed by atoms with E-state index in [0.717, 1.165) is 6.42 Å². The summed E-state index contributed by atoms with van der Waals surface area (Å²) in [6.07, 6.45) is 7.82. The van der Waals surface area contributed by atoms with Gasteiger partial charge < -0.3 is 29.4 Å². The molecule has 0 amide bonds. The molecule has 2 nitrogen and oxygen atoms in total. The standard InChI is InChI=1S/C14H13N.C2H7OSi.2ClH.Zr/c1-11-7-12-9-15(10-13(12)8-11)14-5-3-2-4-6-14;1-4(2)3;;;/h2-7,9-10H,8H2,1H3;4H,1-2H3;2*1H;/q;-1;;;+3/p-2.